The summed E-state index contributed by atoms with van der Waals surface area (Å²) in [4.78, 5) is 31.1. The van der Waals surface area contributed by atoms with Gasteiger partial charge in [-0.1, -0.05) is 12.8 Å². The van der Waals surface area contributed by atoms with E-state index in [4.69, 9.17) is 4.74 Å². The number of ether oxygens (including phenoxy) is 1. The van der Waals surface area contributed by atoms with Gasteiger partial charge in [0.05, 0.1) is 6.20 Å². The molecule has 1 amide bonds. The molecule has 0 radical (unpaired) electrons. The van der Waals surface area contributed by atoms with Crippen LogP contribution in [0.4, 0.5) is 0 Å². The predicted octanol–water partition coefficient (Wildman–Crippen LogP) is 1.08. The van der Waals surface area contributed by atoms with Crippen molar-refractivity contribution in [2.45, 2.75) is 44.8 Å². The average molecular weight is 263 g/mol. The van der Waals surface area contributed by atoms with Crippen molar-refractivity contribution in [1.29, 1.82) is 0 Å². The number of esters is 1. The first kappa shape index (κ1) is 13.5. The second-order valence-electron chi connectivity index (χ2n) is 4.63. The molecule has 0 saturated heterocycles. The van der Waals surface area contributed by atoms with Crippen molar-refractivity contribution in [3.05, 3.63) is 24.3 Å². The van der Waals surface area contributed by atoms with Crippen LogP contribution in [0, 0.1) is 0 Å². The Morgan fingerprint density at radius 2 is 2.11 bits per heavy atom. The summed E-state index contributed by atoms with van der Waals surface area (Å²) < 4.78 is 5.06. The molecule has 0 aliphatic heterocycles. The SMILES string of the molecule is C[C@H](OC(=O)c1cnccn1)C(=O)NC1CCCC1. The third-order valence-electron chi connectivity index (χ3n) is 3.13. The zero-order valence-corrected chi connectivity index (χ0v) is 10.8. The number of hydrogen-bond donors (Lipinski definition) is 1. The molecule has 6 heteroatoms. The molecular formula is C13H17N3O3. The van der Waals surface area contributed by atoms with Crippen LogP contribution in [0.1, 0.15) is 43.1 Å². The van der Waals surface area contributed by atoms with Crippen molar-refractivity contribution in [3.63, 3.8) is 0 Å². The molecule has 0 aromatic carbocycles. The molecule has 6 nitrogen and oxygen atoms in total. The summed E-state index contributed by atoms with van der Waals surface area (Å²) >= 11 is 0. The van der Waals surface area contributed by atoms with Gasteiger partial charge in [0.25, 0.3) is 5.91 Å². The third kappa shape index (κ3) is 3.74. The molecule has 19 heavy (non-hydrogen) atoms. The maximum absolute atomic E-state index is 11.8. The Balaban J connectivity index is 1.84. The molecule has 1 aliphatic rings. The van der Waals surface area contributed by atoms with E-state index in [9.17, 15) is 9.59 Å². The highest BCUT2D eigenvalue weighted by Gasteiger charge is 2.23. The third-order valence-corrected chi connectivity index (χ3v) is 3.13. The molecule has 1 aliphatic carbocycles. The topological polar surface area (TPSA) is 81.2 Å². The maximum Gasteiger partial charge on any atom is 0.359 e. The van der Waals surface area contributed by atoms with Gasteiger partial charge in [-0.2, -0.15) is 0 Å². The van der Waals surface area contributed by atoms with E-state index < -0.39 is 12.1 Å². The molecule has 1 atom stereocenters. The first-order chi connectivity index (χ1) is 9.16. The molecule has 0 spiro atoms. The Labute approximate surface area is 111 Å². The van der Waals surface area contributed by atoms with Crippen molar-refractivity contribution in [3.8, 4) is 0 Å². The summed E-state index contributed by atoms with van der Waals surface area (Å²) in [5, 5.41) is 2.88. The molecule has 0 unspecified atom stereocenters. The summed E-state index contributed by atoms with van der Waals surface area (Å²) in [6, 6.07) is 0.213. The Kier molecular flexibility index (Phi) is 4.43. The fourth-order valence-corrected chi connectivity index (χ4v) is 2.07. The van der Waals surface area contributed by atoms with Crippen molar-refractivity contribution >= 4 is 11.9 Å². The van der Waals surface area contributed by atoms with Gasteiger partial charge in [0.2, 0.25) is 0 Å². The maximum atomic E-state index is 11.8. The van der Waals surface area contributed by atoms with Gasteiger partial charge in [-0.15, -0.1) is 0 Å². The van der Waals surface area contributed by atoms with E-state index in [1.807, 2.05) is 0 Å². The van der Waals surface area contributed by atoms with Gasteiger partial charge in [0, 0.05) is 18.4 Å². The lowest BCUT2D eigenvalue weighted by molar-refractivity contribution is -0.129. The molecule has 1 fully saturated rings. The zero-order chi connectivity index (χ0) is 13.7. The normalized spacial score (nSPS) is 16.9. The number of rotatable bonds is 4. The molecular weight excluding hydrogens is 246 g/mol. The van der Waals surface area contributed by atoms with Crippen molar-refractivity contribution in [1.82, 2.24) is 15.3 Å². The Bertz CT molecular complexity index is 444. The van der Waals surface area contributed by atoms with Crippen LogP contribution in [0.5, 0.6) is 0 Å². The van der Waals surface area contributed by atoms with Gasteiger partial charge in [-0.05, 0) is 19.8 Å². The van der Waals surface area contributed by atoms with Crippen LogP contribution < -0.4 is 5.32 Å². The Hall–Kier alpha value is -1.98. The van der Waals surface area contributed by atoms with E-state index >= 15 is 0 Å². The van der Waals surface area contributed by atoms with E-state index in [-0.39, 0.29) is 17.6 Å². The lowest BCUT2D eigenvalue weighted by Crippen LogP contribution is -2.40. The molecule has 1 aromatic heterocycles. The lowest BCUT2D eigenvalue weighted by Gasteiger charge is -2.16. The van der Waals surface area contributed by atoms with E-state index in [1.54, 1.807) is 6.92 Å². The molecule has 0 bridgehead atoms. The number of nitrogens with one attached hydrogen (secondary N) is 1. The largest absolute Gasteiger partial charge is 0.448 e. The van der Waals surface area contributed by atoms with E-state index in [0.717, 1.165) is 25.7 Å². The van der Waals surface area contributed by atoms with Crippen LogP contribution in [-0.2, 0) is 9.53 Å². The van der Waals surface area contributed by atoms with E-state index in [1.165, 1.54) is 18.6 Å². The van der Waals surface area contributed by atoms with Crippen LogP contribution in [0.3, 0.4) is 0 Å². The first-order valence-corrected chi connectivity index (χ1v) is 6.44. The Morgan fingerprint density at radius 1 is 1.37 bits per heavy atom. The summed E-state index contributed by atoms with van der Waals surface area (Å²) in [6.07, 6.45) is 7.62. The molecule has 1 saturated carbocycles. The smallest absolute Gasteiger partial charge is 0.359 e. The monoisotopic (exact) mass is 263 g/mol. The van der Waals surface area contributed by atoms with Crippen molar-refractivity contribution in [2.75, 3.05) is 0 Å². The molecule has 1 N–H and O–H groups in total. The van der Waals surface area contributed by atoms with E-state index in [0.29, 0.717) is 0 Å². The van der Waals surface area contributed by atoms with Crippen LogP contribution >= 0.6 is 0 Å². The van der Waals surface area contributed by atoms with Gasteiger partial charge in [0.15, 0.2) is 11.8 Å². The van der Waals surface area contributed by atoms with Gasteiger partial charge < -0.3 is 10.1 Å². The van der Waals surface area contributed by atoms with Crippen LogP contribution in [0.25, 0.3) is 0 Å². The van der Waals surface area contributed by atoms with Gasteiger partial charge >= 0.3 is 5.97 Å². The summed E-state index contributed by atoms with van der Waals surface area (Å²) in [5.41, 5.74) is 0.100. The minimum absolute atomic E-state index is 0.100. The van der Waals surface area contributed by atoms with Gasteiger partial charge in [0.1, 0.15) is 0 Å². The minimum atomic E-state index is -0.824. The zero-order valence-electron chi connectivity index (χ0n) is 10.8. The highest BCUT2D eigenvalue weighted by Crippen LogP contribution is 2.17. The van der Waals surface area contributed by atoms with Crippen LogP contribution in [-0.4, -0.2) is 34.0 Å². The number of aromatic nitrogens is 2. The van der Waals surface area contributed by atoms with Crippen molar-refractivity contribution in [2.24, 2.45) is 0 Å². The summed E-state index contributed by atoms with van der Waals surface area (Å²) in [6.45, 7) is 1.55. The highest BCUT2D eigenvalue weighted by atomic mass is 16.5. The summed E-state index contributed by atoms with van der Waals surface area (Å²) in [7, 11) is 0. The van der Waals surface area contributed by atoms with E-state index in [2.05, 4.69) is 15.3 Å². The second-order valence-corrected chi connectivity index (χ2v) is 4.63. The van der Waals surface area contributed by atoms with Crippen molar-refractivity contribution < 1.29 is 14.3 Å². The molecule has 102 valence electrons. The highest BCUT2D eigenvalue weighted by molar-refractivity contribution is 5.90. The Morgan fingerprint density at radius 3 is 2.74 bits per heavy atom. The average Bonchev–Trinajstić information content (AvgIpc) is 2.92. The molecule has 1 heterocycles. The fraction of sp³-hybridized carbons (Fsp3) is 0.538. The minimum Gasteiger partial charge on any atom is -0.448 e. The number of carbonyl (C=O) groups excluding carboxylic acids is 2. The van der Waals surface area contributed by atoms with Crippen LogP contribution in [0.2, 0.25) is 0 Å². The standard InChI is InChI=1S/C13H17N3O3/c1-9(12(17)16-10-4-2-3-5-10)19-13(18)11-8-14-6-7-15-11/h6-10H,2-5H2,1H3,(H,16,17)/t9-/m0/s1. The first-order valence-electron chi connectivity index (χ1n) is 6.44. The number of hydrogen-bond acceptors (Lipinski definition) is 5. The number of nitrogens with zero attached hydrogens (tertiary/aromatic N) is 2. The number of amides is 1. The lowest BCUT2D eigenvalue weighted by atomic mass is 10.2. The quantitative estimate of drug-likeness (QED) is 0.822. The molecule has 2 rings (SSSR count). The predicted molar refractivity (Wildman–Crippen MR) is 67.3 cm³/mol. The molecule has 1 aromatic rings. The van der Waals surface area contributed by atoms with Crippen LogP contribution in [0.15, 0.2) is 18.6 Å². The van der Waals surface area contributed by atoms with Gasteiger partial charge in [-0.25, -0.2) is 9.78 Å². The summed E-state index contributed by atoms with van der Waals surface area (Å²) in [5.74, 6) is -0.897. The van der Waals surface area contributed by atoms with Gasteiger partial charge in [-0.3, -0.25) is 9.78 Å². The second kappa shape index (κ2) is 6.26. The number of carbonyl (C=O) groups is 2. The fourth-order valence-electron chi connectivity index (χ4n) is 2.07.